The molecule has 0 amide bonds. The minimum absolute atomic E-state index is 0.0712. The Morgan fingerprint density at radius 2 is 1.76 bits per heavy atom. The van der Waals surface area contributed by atoms with Gasteiger partial charge in [-0.25, -0.2) is 13.8 Å². The first kappa shape index (κ1) is 30.6. The second-order valence-electron chi connectivity index (χ2n) is 10.6. The Hall–Kier alpha value is -4.43. The smallest absolute Gasteiger partial charge is 0.337 e. The summed E-state index contributed by atoms with van der Waals surface area (Å²) in [7, 11) is 2.96. The lowest BCUT2D eigenvalue weighted by Gasteiger charge is -2.20. The van der Waals surface area contributed by atoms with E-state index in [0.29, 0.717) is 45.2 Å². The van der Waals surface area contributed by atoms with Crippen LogP contribution in [0.2, 0.25) is 0 Å². The lowest BCUT2D eigenvalue weighted by atomic mass is 10.2. The predicted octanol–water partition coefficient (Wildman–Crippen LogP) is 4.92. The van der Waals surface area contributed by atoms with Crippen molar-refractivity contribution in [2.45, 2.75) is 26.0 Å². The zero-order valence-electron chi connectivity index (χ0n) is 24.7. The summed E-state index contributed by atoms with van der Waals surface area (Å²) in [6.45, 7) is 2.77. The van der Waals surface area contributed by atoms with E-state index in [2.05, 4.69) is 0 Å². The molecule has 6 rings (SSSR count). The number of rotatable bonds is 8. The van der Waals surface area contributed by atoms with Crippen LogP contribution in [0, 0.1) is 16.3 Å². The first-order valence-electron chi connectivity index (χ1n) is 14.2. The fourth-order valence-corrected chi connectivity index (χ4v) is 5.76. The molecular weight excluding hydrogens is 696 g/mol. The molecule has 3 aromatic carbocycles. The Balaban J connectivity index is 1.59. The summed E-state index contributed by atoms with van der Waals surface area (Å²) in [4.78, 5) is 41.7. The van der Waals surface area contributed by atoms with Gasteiger partial charge in [0.2, 0.25) is 0 Å². The van der Waals surface area contributed by atoms with Crippen LogP contribution in [0.3, 0.4) is 0 Å². The topological polar surface area (TPSA) is 103 Å². The first-order valence-corrected chi connectivity index (χ1v) is 15.2. The number of aromatic nitrogens is 3. The quantitative estimate of drug-likeness (QED) is 0.210. The molecule has 45 heavy (non-hydrogen) atoms. The molecule has 0 spiro atoms. The average molecular weight is 726 g/mol. The van der Waals surface area contributed by atoms with E-state index in [1.54, 1.807) is 42.5 Å². The highest BCUT2D eigenvalue weighted by Crippen LogP contribution is 2.34. The van der Waals surface area contributed by atoms with Gasteiger partial charge in [-0.1, -0.05) is 18.2 Å². The fourth-order valence-electron chi connectivity index (χ4n) is 5.31. The van der Waals surface area contributed by atoms with Crippen LogP contribution < -0.4 is 31.0 Å². The summed E-state index contributed by atoms with van der Waals surface area (Å²) >= 11 is 1.97. The molecule has 12 heteroatoms. The van der Waals surface area contributed by atoms with E-state index >= 15 is 4.39 Å². The van der Waals surface area contributed by atoms with Crippen LogP contribution in [0.15, 0.2) is 81.1 Å². The van der Waals surface area contributed by atoms with Gasteiger partial charge in [-0.05, 0) is 77.5 Å². The largest absolute Gasteiger partial charge is 0.497 e. The van der Waals surface area contributed by atoms with Crippen LogP contribution >= 0.6 is 22.6 Å². The summed E-state index contributed by atoms with van der Waals surface area (Å²) in [6.07, 6.45) is 0.650. The molecule has 0 saturated carbocycles. The highest BCUT2D eigenvalue weighted by molar-refractivity contribution is 14.1. The molecule has 0 unspecified atom stereocenters. The van der Waals surface area contributed by atoms with E-state index in [-0.39, 0.29) is 35.1 Å². The first-order chi connectivity index (χ1) is 21.7. The van der Waals surface area contributed by atoms with Crippen LogP contribution in [0.5, 0.6) is 23.0 Å². The van der Waals surface area contributed by atoms with Crippen molar-refractivity contribution in [2.24, 2.45) is 7.05 Å². The summed E-state index contributed by atoms with van der Waals surface area (Å²) in [5.41, 5.74) is -1.02. The van der Waals surface area contributed by atoms with Crippen LogP contribution in [0.25, 0.3) is 16.7 Å². The van der Waals surface area contributed by atoms with Gasteiger partial charge in [-0.3, -0.25) is 18.7 Å². The van der Waals surface area contributed by atoms with E-state index < -0.39 is 22.6 Å². The molecule has 3 heterocycles. The summed E-state index contributed by atoms with van der Waals surface area (Å²) in [5.74, 6) is 0.753. The standard InChI is InChI=1S/C33H29FIN3O7/c1-19-26(44-23-13-14-43-18-23)5-4-6-27(19)45-28-16-29(39)36(2)31-30(28)32(40)37(17-20-7-10-22(42-3)11-8-20)33(41)38(31)25-12-9-21(35)15-24(25)34/h4-12,15-16,23H,13-14,17-18H2,1-3H3/t23-/m1/s1. The Bertz CT molecular complexity index is 2100. The molecule has 1 aliphatic rings. The van der Waals surface area contributed by atoms with Crippen LogP contribution in [-0.4, -0.2) is 40.1 Å². The third-order valence-corrected chi connectivity index (χ3v) is 8.42. The van der Waals surface area contributed by atoms with Crippen molar-refractivity contribution >= 4 is 33.6 Å². The maximum atomic E-state index is 15.5. The summed E-state index contributed by atoms with van der Waals surface area (Å²) < 4.78 is 42.4. The van der Waals surface area contributed by atoms with Gasteiger partial charge in [0.1, 0.15) is 46.0 Å². The average Bonchev–Trinajstić information content (AvgIpc) is 3.54. The number of halogens is 2. The number of hydrogen-bond acceptors (Lipinski definition) is 7. The minimum Gasteiger partial charge on any atom is -0.497 e. The SMILES string of the molecule is COc1ccc(Cn2c(=O)c3c(Oc4cccc(O[C@@H]5CCOC5)c4C)cc(=O)n(C)c3n(-c3ccc(I)cc3F)c2=O)cc1. The molecule has 0 bridgehead atoms. The number of fused-ring (bicyclic) bond motifs is 1. The highest BCUT2D eigenvalue weighted by Gasteiger charge is 2.25. The van der Waals surface area contributed by atoms with Crippen molar-refractivity contribution in [2.75, 3.05) is 20.3 Å². The van der Waals surface area contributed by atoms with Gasteiger partial charge in [0.25, 0.3) is 11.1 Å². The van der Waals surface area contributed by atoms with Gasteiger partial charge < -0.3 is 18.9 Å². The third kappa shape index (κ3) is 5.87. The Morgan fingerprint density at radius 3 is 2.44 bits per heavy atom. The molecule has 1 saturated heterocycles. The monoisotopic (exact) mass is 725 g/mol. The second-order valence-corrected chi connectivity index (χ2v) is 11.9. The van der Waals surface area contributed by atoms with Crippen molar-refractivity contribution in [3.05, 3.63) is 118 Å². The number of nitrogens with zero attached hydrogens (tertiary/aromatic N) is 3. The molecule has 0 aliphatic carbocycles. The van der Waals surface area contributed by atoms with E-state index in [1.807, 2.05) is 35.6 Å². The van der Waals surface area contributed by atoms with Gasteiger partial charge in [0.05, 0.1) is 32.6 Å². The number of pyridine rings is 1. The lowest BCUT2D eigenvalue weighted by molar-refractivity contribution is 0.140. The number of aryl methyl sites for hydroxylation is 1. The van der Waals surface area contributed by atoms with E-state index in [0.717, 1.165) is 20.1 Å². The van der Waals surface area contributed by atoms with Crippen molar-refractivity contribution in [1.82, 2.24) is 13.7 Å². The molecule has 1 fully saturated rings. The number of methoxy groups -OCH3 is 1. The summed E-state index contributed by atoms with van der Waals surface area (Å²) in [5, 5.41) is -0.0712. The second kappa shape index (κ2) is 12.5. The number of ether oxygens (including phenoxy) is 4. The Morgan fingerprint density at radius 1 is 1.00 bits per heavy atom. The van der Waals surface area contributed by atoms with E-state index in [1.165, 1.54) is 32.4 Å². The maximum absolute atomic E-state index is 15.5. The normalized spacial score (nSPS) is 14.6. The van der Waals surface area contributed by atoms with Gasteiger partial charge >= 0.3 is 5.69 Å². The van der Waals surface area contributed by atoms with Crippen molar-refractivity contribution in [1.29, 1.82) is 0 Å². The van der Waals surface area contributed by atoms with E-state index in [9.17, 15) is 14.4 Å². The maximum Gasteiger partial charge on any atom is 0.337 e. The minimum atomic E-state index is -0.819. The molecule has 1 aliphatic heterocycles. The lowest BCUT2D eigenvalue weighted by Crippen LogP contribution is -2.42. The molecular formula is C33H29FIN3O7. The van der Waals surface area contributed by atoms with Crippen LogP contribution in [0.4, 0.5) is 4.39 Å². The molecule has 5 aromatic rings. The molecule has 232 valence electrons. The molecule has 0 radical (unpaired) electrons. The van der Waals surface area contributed by atoms with Gasteiger partial charge in [0.15, 0.2) is 0 Å². The van der Waals surface area contributed by atoms with Crippen LogP contribution in [0.1, 0.15) is 17.5 Å². The Kier molecular flexibility index (Phi) is 8.51. The number of benzene rings is 3. The molecule has 2 aromatic heterocycles. The van der Waals surface area contributed by atoms with Gasteiger partial charge in [0, 0.05) is 28.7 Å². The van der Waals surface area contributed by atoms with Gasteiger partial charge in [-0.2, -0.15) is 0 Å². The third-order valence-electron chi connectivity index (χ3n) is 7.75. The van der Waals surface area contributed by atoms with Crippen molar-refractivity contribution < 1.29 is 23.3 Å². The van der Waals surface area contributed by atoms with Gasteiger partial charge in [-0.15, -0.1) is 0 Å². The zero-order valence-corrected chi connectivity index (χ0v) is 26.9. The molecule has 1 atom stereocenters. The predicted molar refractivity (Wildman–Crippen MR) is 175 cm³/mol. The summed E-state index contributed by atoms with van der Waals surface area (Å²) in [6, 6.07) is 17.7. The molecule has 10 nitrogen and oxygen atoms in total. The Labute approximate surface area is 270 Å². The van der Waals surface area contributed by atoms with Crippen molar-refractivity contribution in [3.8, 4) is 28.7 Å². The molecule has 0 N–H and O–H groups in total. The highest BCUT2D eigenvalue weighted by atomic mass is 127. The zero-order chi connectivity index (χ0) is 31.8. The number of hydrogen-bond donors (Lipinski definition) is 0. The van der Waals surface area contributed by atoms with E-state index in [4.69, 9.17) is 18.9 Å². The van der Waals surface area contributed by atoms with Crippen LogP contribution in [-0.2, 0) is 18.3 Å². The van der Waals surface area contributed by atoms with Crippen molar-refractivity contribution in [3.63, 3.8) is 0 Å². The fraction of sp³-hybridized carbons (Fsp3) is 0.242.